The number of aliphatic hydroxyl groups is 1. The fourth-order valence-corrected chi connectivity index (χ4v) is 2.27. The SMILES string of the molecule is O=C(CN1CCOCC1)NCC(O)c1cccc(C(F)(F)F)c1. The number of amides is 1. The minimum absolute atomic E-state index is 0.117. The van der Waals surface area contributed by atoms with Crippen LogP contribution < -0.4 is 5.32 Å². The molecule has 0 aliphatic carbocycles. The van der Waals surface area contributed by atoms with Gasteiger partial charge in [-0.2, -0.15) is 13.2 Å². The van der Waals surface area contributed by atoms with E-state index >= 15 is 0 Å². The second-order valence-electron chi connectivity index (χ2n) is 5.33. The molecule has 1 aromatic carbocycles. The van der Waals surface area contributed by atoms with Crippen molar-refractivity contribution in [3.63, 3.8) is 0 Å². The molecule has 23 heavy (non-hydrogen) atoms. The monoisotopic (exact) mass is 332 g/mol. The number of rotatable bonds is 5. The first-order valence-electron chi connectivity index (χ1n) is 7.28. The minimum Gasteiger partial charge on any atom is -0.387 e. The molecule has 0 spiro atoms. The maximum absolute atomic E-state index is 12.6. The van der Waals surface area contributed by atoms with Crippen molar-refractivity contribution in [2.75, 3.05) is 39.4 Å². The van der Waals surface area contributed by atoms with Crippen molar-refractivity contribution in [2.24, 2.45) is 0 Å². The van der Waals surface area contributed by atoms with Crippen LogP contribution in [-0.2, 0) is 15.7 Å². The lowest BCUT2D eigenvalue weighted by Crippen LogP contribution is -2.43. The van der Waals surface area contributed by atoms with E-state index in [4.69, 9.17) is 4.74 Å². The van der Waals surface area contributed by atoms with E-state index in [2.05, 4.69) is 5.32 Å². The Morgan fingerprint density at radius 2 is 2.04 bits per heavy atom. The fraction of sp³-hybridized carbons (Fsp3) is 0.533. The van der Waals surface area contributed by atoms with Gasteiger partial charge in [0.1, 0.15) is 0 Å². The number of alkyl halides is 3. The number of ether oxygens (including phenoxy) is 1. The summed E-state index contributed by atoms with van der Waals surface area (Å²) in [6.07, 6.45) is -5.65. The summed E-state index contributed by atoms with van der Waals surface area (Å²) in [7, 11) is 0. The number of benzene rings is 1. The molecular weight excluding hydrogens is 313 g/mol. The molecule has 8 heteroatoms. The van der Waals surface area contributed by atoms with E-state index in [1.54, 1.807) is 0 Å². The maximum Gasteiger partial charge on any atom is 0.416 e. The van der Waals surface area contributed by atoms with Gasteiger partial charge < -0.3 is 15.2 Å². The van der Waals surface area contributed by atoms with E-state index in [1.165, 1.54) is 12.1 Å². The van der Waals surface area contributed by atoms with Gasteiger partial charge in [-0.15, -0.1) is 0 Å². The van der Waals surface area contributed by atoms with Gasteiger partial charge in [0.2, 0.25) is 5.91 Å². The third-order valence-electron chi connectivity index (χ3n) is 3.56. The summed E-state index contributed by atoms with van der Waals surface area (Å²) in [4.78, 5) is 13.7. The number of carbonyl (C=O) groups excluding carboxylic acids is 1. The number of halogens is 3. The van der Waals surface area contributed by atoms with Crippen molar-refractivity contribution in [1.82, 2.24) is 10.2 Å². The molecule has 0 radical (unpaired) electrons. The largest absolute Gasteiger partial charge is 0.416 e. The Hall–Kier alpha value is -1.64. The highest BCUT2D eigenvalue weighted by molar-refractivity contribution is 5.78. The van der Waals surface area contributed by atoms with Crippen LogP contribution in [0.5, 0.6) is 0 Å². The van der Waals surface area contributed by atoms with E-state index in [0.29, 0.717) is 26.3 Å². The average Bonchev–Trinajstić information content (AvgIpc) is 2.53. The number of nitrogens with one attached hydrogen (secondary N) is 1. The molecule has 2 N–H and O–H groups in total. The number of hydrogen-bond donors (Lipinski definition) is 2. The molecule has 1 atom stereocenters. The van der Waals surface area contributed by atoms with Gasteiger partial charge in [-0.1, -0.05) is 12.1 Å². The van der Waals surface area contributed by atoms with Crippen molar-refractivity contribution in [1.29, 1.82) is 0 Å². The van der Waals surface area contributed by atoms with Crippen LogP contribution in [0.15, 0.2) is 24.3 Å². The van der Waals surface area contributed by atoms with Crippen molar-refractivity contribution in [2.45, 2.75) is 12.3 Å². The molecule has 2 rings (SSSR count). The number of carbonyl (C=O) groups is 1. The van der Waals surface area contributed by atoms with E-state index < -0.39 is 17.8 Å². The van der Waals surface area contributed by atoms with Crippen molar-refractivity contribution in [3.8, 4) is 0 Å². The Labute approximate surface area is 132 Å². The first-order chi connectivity index (χ1) is 10.9. The zero-order valence-electron chi connectivity index (χ0n) is 12.5. The summed E-state index contributed by atoms with van der Waals surface area (Å²) in [5.74, 6) is -0.280. The summed E-state index contributed by atoms with van der Waals surface area (Å²) in [5.41, 5.74) is -0.708. The zero-order chi connectivity index (χ0) is 16.9. The number of aliphatic hydroxyl groups excluding tert-OH is 1. The Kier molecular flexibility index (Phi) is 5.97. The first kappa shape index (κ1) is 17.7. The number of morpholine rings is 1. The van der Waals surface area contributed by atoms with Crippen LogP contribution >= 0.6 is 0 Å². The van der Waals surface area contributed by atoms with Crippen LogP contribution in [0.3, 0.4) is 0 Å². The predicted octanol–water partition coefficient (Wildman–Crippen LogP) is 1.19. The predicted molar refractivity (Wildman–Crippen MR) is 76.7 cm³/mol. The summed E-state index contributed by atoms with van der Waals surface area (Å²) in [6, 6.07) is 4.46. The van der Waals surface area contributed by atoms with Gasteiger partial charge >= 0.3 is 6.18 Å². The van der Waals surface area contributed by atoms with E-state index in [-0.39, 0.29) is 24.6 Å². The van der Waals surface area contributed by atoms with Crippen LogP contribution in [0.25, 0.3) is 0 Å². The van der Waals surface area contributed by atoms with Gasteiger partial charge in [0.15, 0.2) is 0 Å². The molecule has 1 aromatic rings. The summed E-state index contributed by atoms with van der Waals surface area (Å²) in [6.45, 7) is 2.50. The van der Waals surface area contributed by atoms with Gasteiger partial charge in [0.05, 0.1) is 31.4 Å². The van der Waals surface area contributed by atoms with Crippen LogP contribution in [-0.4, -0.2) is 55.3 Å². The summed E-state index contributed by atoms with van der Waals surface area (Å²) < 4.78 is 43.1. The lowest BCUT2D eigenvalue weighted by molar-refractivity contribution is -0.137. The van der Waals surface area contributed by atoms with Gasteiger partial charge in [0.25, 0.3) is 0 Å². The normalized spacial score (nSPS) is 17.7. The van der Waals surface area contributed by atoms with Crippen LogP contribution in [0.1, 0.15) is 17.2 Å². The number of nitrogens with zero attached hydrogens (tertiary/aromatic N) is 1. The topological polar surface area (TPSA) is 61.8 Å². The Morgan fingerprint density at radius 3 is 2.70 bits per heavy atom. The van der Waals surface area contributed by atoms with Gasteiger partial charge in [-0.25, -0.2) is 0 Å². The lowest BCUT2D eigenvalue weighted by Gasteiger charge is -2.26. The first-order valence-corrected chi connectivity index (χ1v) is 7.28. The standard InChI is InChI=1S/C15H19F3N2O3/c16-15(17,18)12-3-1-2-11(8-12)13(21)9-19-14(22)10-20-4-6-23-7-5-20/h1-3,8,13,21H,4-7,9-10H2,(H,19,22). The van der Waals surface area contributed by atoms with Crippen LogP contribution in [0.4, 0.5) is 13.2 Å². The molecule has 1 heterocycles. The molecule has 5 nitrogen and oxygen atoms in total. The molecule has 1 aliphatic rings. The molecule has 1 unspecified atom stereocenters. The smallest absolute Gasteiger partial charge is 0.387 e. The number of hydrogen-bond acceptors (Lipinski definition) is 4. The molecule has 1 fully saturated rings. The Bertz CT molecular complexity index is 531. The Morgan fingerprint density at radius 1 is 1.35 bits per heavy atom. The van der Waals surface area contributed by atoms with Gasteiger partial charge in [-0.3, -0.25) is 9.69 Å². The van der Waals surface area contributed by atoms with Crippen LogP contribution in [0.2, 0.25) is 0 Å². The van der Waals surface area contributed by atoms with Crippen LogP contribution in [0, 0.1) is 0 Å². The highest BCUT2D eigenvalue weighted by atomic mass is 19.4. The second-order valence-corrected chi connectivity index (χ2v) is 5.33. The Balaban J connectivity index is 1.84. The van der Waals surface area contributed by atoms with E-state index in [0.717, 1.165) is 12.1 Å². The van der Waals surface area contributed by atoms with E-state index in [1.807, 2.05) is 4.90 Å². The van der Waals surface area contributed by atoms with Crippen molar-refractivity contribution < 1.29 is 27.8 Å². The highest BCUT2D eigenvalue weighted by Crippen LogP contribution is 2.30. The van der Waals surface area contributed by atoms with Gasteiger partial charge in [-0.05, 0) is 17.7 Å². The molecule has 0 bridgehead atoms. The zero-order valence-corrected chi connectivity index (χ0v) is 12.5. The summed E-state index contributed by atoms with van der Waals surface area (Å²) >= 11 is 0. The molecule has 1 aliphatic heterocycles. The quantitative estimate of drug-likeness (QED) is 0.850. The lowest BCUT2D eigenvalue weighted by atomic mass is 10.1. The average molecular weight is 332 g/mol. The maximum atomic E-state index is 12.6. The minimum atomic E-state index is -4.46. The van der Waals surface area contributed by atoms with Gasteiger partial charge in [0, 0.05) is 19.6 Å². The third-order valence-corrected chi connectivity index (χ3v) is 3.56. The summed E-state index contributed by atoms with van der Waals surface area (Å²) in [5, 5.41) is 12.5. The van der Waals surface area contributed by atoms with Crippen molar-refractivity contribution in [3.05, 3.63) is 35.4 Å². The molecule has 1 amide bonds. The van der Waals surface area contributed by atoms with E-state index in [9.17, 15) is 23.1 Å². The fourth-order valence-electron chi connectivity index (χ4n) is 2.27. The second kappa shape index (κ2) is 7.76. The highest BCUT2D eigenvalue weighted by Gasteiger charge is 2.30. The molecule has 0 aromatic heterocycles. The molecule has 1 saturated heterocycles. The molecular formula is C15H19F3N2O3. The molecule has 128 valence electrons. The third kappa shape index (κ3) is 5.49. The van der Waals surface area contributed by atoms with Crippen molar-refractivity contribution >= 4 is 5.91 Å². The molecule has 0 saturated carbocycles.